The van der Waals surface area contributed by atoms with Gasteiger partial charge in [-0.3, -0.25) is 0 Å². The topological polar surface area (TPSA) is 127 Å². The Morgan fingerprint density at radius 3 is 2.86 bits per heavy atom. The molecular weight excluding hydrogens is 276 g/mol. The van der Waals surface area contributed by atoms with Crippen molar-refractivity contribution in [2.24, 2.45) is 0 Å². The summed E-state index contributed by atoms with van der Waals surface area (Å²) in [4.78, 5) is 8.13. The molecule has 0 amide bonds. The summed E-state index contributed by atoms with van der Waals surface area (Å²) in [5.41, 5.74) is 5.46. The third kappa shape index (κ3) is 1.99. The maximum atomic E-state index is 10.5. The number of fused-ring (bicyclic) bond motifs is 1. The molecule has 1 aliphatic heterocycles. The van der Waals surface area contributed by atoms with Gasteiger partial charge in [-0.25, -0.2) is 4.98 Å². The van der Waals surface area contributed by atoms with Crippen LogP contribution in [0.15, 0.2) is 12.4 Å². The Morgan fingerprint density at radius 2 is 2.24 bits per heavy atom. The zero-order valence-electron chi connectivity index (χ0n) is 11.8. The number of aromatic nitrogens is 3. The fraction of sp³-hybridized carbons (Fsp3) is 0.538. The largest absolute Gasteiger partial charge is 0.394 e. The Labute approximate surface area is 120 Å². The minimum Gasteiger partial charge on any atom is -0.394 e. The van der Waals surface area contributed by atoms with Crippen molar-refractivity contribution in [3.8, 4) is 0 Å². The van der Waals surface area contributed by atoms with Gasteiger partial charge in [0.1, 0.15) is 23.5 Å². The molecule has 1 aliphatic rings. The van der Waals surface area contributed by atoms with E-state index in [9.17, 15) is 15.3 Å². The minimum atomic E-state index is -1.56. The van der Waals surface area contributed by atoms with Crippen LogP contribution >= 0.6 is 0 Å². The fourth-order valence-corrected chi connectivity index (χ4v) is 2.77. The highest BCUT2D eigenvalue weighted by atomic mass is 16.6. The monoisotopic (exact) mass is 294 g/mol. The zero-order chi connectivity index (χ0) is 15.4. The number of aliphatic hydroxyl groups excluding tert-OH is 2. The molecule has 1 fully saturated rings. The summed E-state index contributed by atoms with van der Waals surface area (Å²) in [7, 11) is 0. The molecule has 114 valence electrons. The smallest absolute Gasteiger partial charge is 0.221 e. The van der Waals surface area contributed by atoms with Crippen molar-refractivity contribution < 1.29 is 20.1 Å². The van der Waals surface area contributed by atoms with E-state index >= 15 is 0 Å². The molecule has 4 atom stereocenters. The number of nitrogen functional groups attached to an aromatic ring is 1. The first-order chi connectivity index (χ1) is 9.86. The van der Waals surface area contributed by atoms with Gasteiger partial charge in [-0.05, 0) is 19.4 Å². The average molecular weight is 294 g/mol. The van der Waals surface area contributed by atoms with E-state index in [0.717, 1.165) is 10.9 Å². The van der Waals surface area contributed by atoms with E-state index in [-0.39, 0.29) is 12.6 Å². The van der Waals surface area contributed by atoms with E-state index in [4.69, 9.17) is 10.5 Å². The first kappa shape index (κ1) is 14.2. The lowest BCUT2D eigenvalue weighted by Crippen LogP contribution is -2.44. The molecule has 0 spiro atoms. The highest BCUT2D eigenvalue weighted by Gasteiger charge is 2.53. The molecule has 0 radical (unpaired) electrons. The van der Waals surface area contributed by atoms with Crippen LogP contribution in [0.5, 0.6) is 0 Å². The van der Waals surface area contributed by atoms with Crippen molar-refractivity contribution in [1.29, 1.82) is 0 Å². The summed E-state index contributed by atoms with van der Waals surface area (Å²) < 4.78 is 7.21. The number of nitrogens with zero attached hydrogens (tertiary/aromatic N) is 3. The molecule has 1 saturated heterocycles. The predicted molar refractivity (Wildman–Crippen MR) is 74.3 cm³/mol. The summed E-state index contributed by atoms with van der Waals surface area (Å²) >= 11 is 0. The van der Waals surface area contributed by atoms with E-state index in [1.54, 1.807) is 17.0 Å². The molecule has 0 aromatic carbocycles. The Morgan fingerprint density at radius 1 is 1.52 bits per heavy atom. The Bertz CT molecular complexity index is 684. The Kier molecular flexibility index (Phi) is 3.14. The van der Waals surface area contributed by atoms with Crippen molar-refractivity contribution in [2.45, 2.75) is 37.9 Å². The number of rotatable bonds is 2. The van der Waals surface area contributed by atoms with E-state index < -0.39 is 24.0 Å². The third-order valence-corrected chi connectivity index (χ3v) is 3.98. The summed E-state index contributed by atoms with van der Waals surface area (Å²) in [5, 5.41) is 30.6. The SMILES string of the molecule is Cc1cn([C@@H]2O[C@H](CO)[C@@H](O)[C@@]2(C)O)c2nc(N)ncc12. The second-order valence-corrected chi connectivity index (χ2v) is 5.56. The molecule has 2 aromatic rings. The molecule has 21 heavy (non-hydrogen) atoms. The van der Waals surface area contributed by atoms with E-state index in [1.165, 1.54) is 6.92 Å². The lowest BCUT2D eigenvalue weighted by atomic mass is 9.96. The Hall–Kier alpha value is -1.74. The molecule has 5 N–H and O–H groups in total. The quantitative estimate of drug-likeness (QED) is 0.578. The number of anilines is 1. The summed E-state index contributed by atoms with van der Waals surface area (Å²) in [6.45, 7) is 2.95. The number of hydrogen-bond acceptors (Lipinski definition) is 7. The van der Waals surface area contributed by atoms with Crippen molar-refractivity contribution in [2.75, 3.05) is 12.3 Å². The van der Waals surface area contributed by atoms with Gasteiger partial charge < -0.3 is 30.4 Å². The van der Waals surface area contributed by atoms with Gasteiger partial charge in [0.05, 0.1) is 6.61 Å². The minimum absolute atomic E-state index is 0.110. The number of ether oxygens (including phenoxy) is 1. The number of nitrogens with two attached hydrogens (primary N) is 1. The third-order valence-electron chi connectivity index (χ3n) is 3.98. The van der Waals surface area contributed by atoms with Crippen LogP contribution in [-0.4, -0.2) is 54.3 Å². The van der Waals surface area contributed by atoms with Crippen molar-refractivity contribution >= 4 is 17.0 Å². The van der Waals surface area contributed by atoms with Crippen LogP contribution in [0.25, 0.3) is 11.0 Å². The molecule has 0 saturated carbocycles. The highest BCUT2D eigenvalue weighted by Crippen LogP contribution is 2.40. The van der Waals surface area contributed by atoms with E-state index in [1.807, 2.05) is 6.92 Å². The van der Waals surface area contributed by atoms with Crippen LogP contribution < -0.4 is 5.73 Å². The molecular formula is C13H18N4O4. The van der Waals surface area contributed by atoms with Gasteiger partial charge in [-0.15, -0.1) is 0 Å². The average Bonchev–Trinajstić information content (AvgIpc) is 2.86. The van der Waals surface area contributed by atoms with Crippen molar-refractivity contribution in [1.82, 2.24) is 14.5 Å². The fourth-order valence-electron chi connectivity index (χ4n) is 2.77. The predicted octanol–water partition coefficient (Wildman–Crippen LogP) is -0.676. The lowest BCUT2D eigenvalue weighted by Gasteiger charge is -2.27. The van der Waals surface area contributed by atoms with Crippen LogP contribution in [0.4, 0.5) is 5.95 Å². The number of aryl methyl sites for hydroxylation is 1. The molecule has 3 heterocycles. The van der Waals surface area contributed by atoms with Crippen molar-refractivity contribution in [3.63, 3.8) is 0 Å². The van der Waals surface area contributed by atoms with Crippen LogP contribution in [0.1, 0.15) is 18.7 Å². The highest BCUT2D eigenvalue weighted by molar-refractivity contribution is 5.80. The normalized spacial score (nSPS) is 32.9. The summed E-state index contributed by atoms with van der Waals surface area (Å²) in [6.07, 6.45) is 0.416. The summed E-state index contributed by atoms with van der Waals surface area (Å²) in [6, 6.07) is 0. The molecule has 3 rings (SSSR count). The number of hydrogen-bond donors (Lipinski definition) is 4. The second-order valence-electron chi connectivity index (χ2n) is 5.56. The molecule has 2 aromatic heterocycles. The van der Waals surface area contributed by atoms with E-state index in [0.29, 0.717) is 5.65 Å². The summed E-state index contributed by atoms with van der Waals surface area (Å²) in [5.74, 6) is 0.110. The van der Waals surface area contributed by atoms with Gasteiger partial charge >= 0.3 is 0 Å². The maximum Gasteiger partial charge on any atom is 0.221 e. The molecule has 0 unspecified atom stereocenters. The van der Waals surface area contributed by atoms with Gasteiger partial charge in [0, 0.05) is 17.8 Å². The maximum absolute atomic E-state index is 10.5. The number of aliphatic hydroxyl groups is 3. The zero-order valence-corrected chi connectivity index (χ0v) is 11.8. The standard InChI is InChI=1S/C13H18N4O4/c1-6-4-17(10-7(6)3-15-12(14)16-10)11-13(2,20)9(19)8(5-18)21-11/h3-4,8-9,11,18-20H,5H2,1-2H3,(H2,14,15,16)/t8-,9-,11-,13-/m1/s1. The van der Waals surface area contributed by atoms with Crippen LogP contribution in [0, 0.1) is 6.92 Å². The van der Waals surface area contributed by atoms with Gasteiger partial charge in [0.15, 0.2) is 6.23 Å². The van der Waals surface area contributed by atoms with Gasteiger partial charge in [-0.2, -0.15) is 4.98 Å². The van der Waals surface area contributed by atoms with Gasteiger partial charge in [-0.1, -0.05) is 0 Å². The molecule has 0 bridgehead atoms. The lowest BCUT2D eigenvalue weighted by molar-refractivity contribution is -0.0948. The molecule has 0 aliphatic carbocycles. The molecule has 8 nitrogen and oxygen atoms in total. The van der Waals surface area contributed by atoms with Crippen molar-refractivity contribution in [3.05, 3.63) is 18.0 Å². The second kappa shape index (κ2) is 4.63. The first-order valence-corrected chi connectivity index (χ1v) is 6.62. The van der Waals surface area contributed by atoms with Gasteiger partial charge in [0.2, 0.25) is 5.95 Å². The first-order valence-electron chi connectivity index (χ1n) is 6.62. The van der Waals surface area contributed by atoms with Gasteiger partial charge in [0.25, 0.3) is 0 Å². The van der Waals surface area contributed by atoms with Crippen LogP contribution in [0.2, 0.25) is 0 Å². The van der Waals surface area contributed by atoms with Crippen LogP contribution in [0.3, 0.4) is 0 Å². The Balaban J connectivity index is 2.14. The van der Waals surface area contributed by atoms with E-state index in [2.05, 4.69) is 9.97 Å². The molecule has 8 heteroatoms. The van der Waals surface area contributed by atoms with Crippen LogP contribution in [-0.2, 0) is 4.74 Å².